The molecule has 0 atom stereocenters. The summed E-state index contributed by atoms with van der Waals surface area (Å²) >= 11 is 6.08. The van der Waals surface area contributed by atoms with Gasteiger partial charge >= 0.3 is 0 Å². The van der Waals surface area contributed by atoms with E-state index in [0.717, 1.165) is 17.8 Å². The third-order valence-corrected chi connectivity index (χ3v) is 3.29. The molecule has 22 heavy (non-hydrogen) atoms. The zero-order chi connectivity index (χ0) is 15.8. The van der Waals surface area contributed by atoms with Crippen molar-refractivity contribution < 1.29 is 9.53 Å². The lowest BCUT2D eigenvalue weighted by atomic mass is 10.3. The van der Waals surface area contributed by atoms with Gasteiger partial charge in [0.25, 0.3) is 5.91 Å². The zero-order valence-electron chi connectivity index (χ0n) is 12.3. The number of para-hydroxylation sites is 1. The summed E-state index contributed by atoms with van der Waals surface area (Å²) < 4.78 is 4.93. The molecule has 0 aliphatic rings. The van der Waals surface area contributed by atoms with Gasteiger partial charge < -0.3 is 15.4 Å². The molecule has 1 aromatic heterocycles. The lowest BCUT2D eigenvalue weighted by Gasteiger charge is -2.08. The minimum absolute atomic E-state index is 0.194. The summed E-state index contributed by atoms with van der Waals surface area (Å²) in [6.45, 7) is 1.18. The molecule has 0 aliphatic heterocycles. The number of ether oxygens (including phenoxy) is 1. The maximum atomic E-state index is 11.9. The highest BCUT2D eigenvalue weighted by molar-refractivity contribution is 6.33. The van der Waals surface area contributed by atoms with Gasteiger partial charge in [-0.1, -0.05) is 23.7 Å². The number of hydrogen-bond acceptors (Lipinski definition) is 4. The summed E-state index contributed by atoms with van der Waals surface area (Å²) in [6, 6.07) is 10.9. The number of hydrogen-bond donors (Lipinski definition) is 2. The van der Waals surface area contributed by atoms with Crippen molar-refractivity contribution in [3.05, 3.63) is 53.3 Å². The van der Waals surface area contributed by atoms with Crippen LogP contribution in [0.5, 0.6) is 0 Å². The molecular weight excluding hydrogens is 302 g/mol. The van der Waals surface area contributed by atoms with Crippen LogP contribution in [-0.4, -0.2) is 31.2 Å². The van der Waals surface area contributed by atoms with Crippen molar-refractivity contribution in [3.63, 3.8) is 0 Å². The molecular formula is C16H18ClN3O2. The van der Waals surface area contributed by atoms with Crippen LogP contribution in [0.1, 0.15) is 16.9 Å². The van der Waals surface area contributed by atoms with Gasteiger partial charge in [-0.3, -0.25) is 4.79 Å². The number of anilines is 2. The molecule has 0 saturated carbocycles. The van der Waals surface area contributed by atoms with Crippen LogP contribution in [0.15, 0.2) is 42.6 Å². The molecule has 0 spiro atoms. The smallest absolute Gasteiger partial charge is 0.269 e. The third-order valence-electron chi connectivity index (χ3n) is 2.96. The van der Waals surface area contributed by atoms with Gasteiger partial charge in [0.05, 0.1) is 22.6 Å². The maximum absolute atomic E-state index is 11.9. The van der Waals surface area contributed by atoms with Gasteiger partial charge in [0, 0.05) is 20.3 Å². The Morgan fingerprint density at radius 3 is 2.77 bits per heavy atom. The fourth-order valence-electron chi connectivity index (χ4n) is 1.83. The highest BCUT2D eigenvalue weighted by Gasteiger charge is 2.06. The van der Waals surface area contributed by atoms with E-state index in [1.165, 1.54) is 0 Å². The molecule has 1 amide bonds. The number of benzene rings is 1. The molecule has 2 rings (SSSR count). The molecule has 6 heteroatoms. The third kappa shape index (κ3) is 4.72. The average molecular weight is 320 g/mol. The SMILES string of the molecule is COCCCNC(=O)c1ccc(Nc2ccccc2Cl)cn1. The maximum Gasteiger partial charge on any atom is 0.269 e. The Morgan fingerprint density at radius 2 is 2.09 bits per heavy atom. The van der Waals surface area contributed by atoms with Crippen LogP contribution in [0, 0.1) is 0 Å². The standard InChI is InChI=1S/C16H18ClN3O2/c1-22-10-4-9-18-16(21)15-8-7-12(11-19-15)20-14-6-3-2-5-13(14)17/h2-3,5-8,11,20H,4,9-10H2,1H3,(H,18,21). The first-order chi connectivity index (χ1) is 10.7. The molecule has 116 valence electrons. The molecule has 1 heterocycles. The van der Waals surface area contributed by atoms with E-state index < -0.39 is 0 Å². The normalized spacial score (nSPS) is 10.3. The first-order valence-corrected chi connectivity index (χ1v) is 7.33. The predicted molar refractivity (Wildman–Crippen MR) is 87.8 cm³/mol. The van der Waals surface area contributed by atoms with Crippen molar-refractivity contribution in [2.24, 2.45) is 0 Å². The van der Waals surface area contributed by atoms with E-state index in [2.05, 4.69) is 15.6 Å². The summed E-state index contributed by atoms with van der Waals surface area (Å²) in [7, 11) is 1.63. The summed E-state index contributed by atoms with van der Waals surface area (Å²) in [5.41, 5.74) is 1.94. The fourth-order valence-corrected chi connectivity index (χ4v) is 2.01. The lowest BCUT2D eigenvalue weighted by molar-refractivity contribution is 0.0943. The summed E-state index contributed by atoms with van der Waals surface area (Å²) in [5, 5.41) is 6.57. The number of rotatable bonds is 7. The van der Waals surface area contributed by atoms with Gasteiger partial charge in [0.2, 0.25) is 0 Å². The molecule has 2 aromatic rings. The van der Waals surface area contributed by atoms with Gasteiger partial charge in [-0.25, -0.2) is 4.98 Å². The Balaban J connectivity index is 1.92. The molecule has 0 unspecified atom stereocenters. The van der Waals surface area contributed by atoms with Crippen LogP contribution in [0.3, 0.4) is 0 Å². The van der Waals surface area contributed by atoms with Gasteiger partial charge in [-0.05, 0) is 30.7 Å². The average Bonchev–Trinajstić information content (AvgIpc) is 2.54. The second-order valence-corrected chi connectivity index (χ2v) is 5.05. The molecule has 0 radical (unpaired) electrons. The topological polar surface area (TPSA) is 63.2 Å². The number of carbonyl (C=O) groups excluding carboxylic acids is 1. The van der Waals surface area contributed by atoms with Gasteiger partial charge in [-0.15, -0.1) is 0 Å². The molecule has 2 N–H and O–H groups in total. The van der Waals surface area contributed by atoms with Crippen molar-refractivity contribution in [1.82, 2.24) is 10.3 Å². The second-order valence-electron chi connectivity index (χ2n) is 4.64. The van der Waals surface area contributed by atoms with Crippen molar-refractivity contribution in [1.29, 1.82) is 0 Å². The number of nitrogens with zero attached hydrogens (tertiary/aromatic N) is 1. The van der Waals surface area contributed by atoms with Crippen LogP contribution in [-0.2, 0) is 4.74 Å². The van der Waals surface area contributed by atoms with E-state index in [-0.39, 0.29) is 5.91 Å². The van der Waals surface area contributed by atoms with Crippen molar-refractivity contribution >= 4 is 28.9 Å². The van der Waals surface area contributed by atoms with E-state index in [9.17, 15) is 4.79 Å². The molecule has 1 aromatic carbocycles. The van der Waals surface area contributed by atoms with Gasteiger partial charge in [0.1, 0.15) is 5.69 Å². The van der Waals surface area contributed by atoms with Crippen molar-refractivity contribution in [3.8, 4) is 0 Å². The zero-order valence-corrected chi connectivity index (χ0v) is 13.1. The van der Waals surface area contributed by atoms with Crippen LogP contribution < -0.4 is 10.6 Å². The molecule has 5 nitrogen and oxygen atoms in total. The van der Waals surface area contributed by atoms with E-state index in [1.54, 1.807) is 31.5 Å². The fraction of sp³-hybridized carbons (Fsp3) is 0.250. The van der Waals surface area contributed by atoms with Crippen molar-refractivity contribution in [2.75, 3.05) is 25.6 Å². The summed E-state index contributed by atoms with van der Waals surface area (Å²) in [5.74, 6) is -0.194. The van der Waals surface area contributed by atoms with Crippen LogP contribution in [0.2, 0.25) is 5.02 Å². The quantitative estimate of drug-likeness (QED) is 0.769. The molecule has 0 aliphatic carbocycles. The van der Waals surface area contributed by atoms with Crippen LogP contribution in [0.25, 0.3) is 0 Å². The number of amides is 1. The number of aromatic nitrogens is 1. The van der Waals surface area contributed by atoms with E-state index in [4.69, 9.17) is 16.3 Å². The monoisotopic (exact) mass is 319 g/mol. The minimum Gasteiger partial charge on any atom is -0.385 e. The van der Waals surface area contributed by atoms with Crippen LogP contribution >= 0.6 is 11.6 Å². The first kappa shape index (κ1) is 16.3. The summed E-state index contributed by atoms with van der Waals surface area (Å²) in [4.78, 5) is 16.0. The summed E-state index contributed by atoms with van der Waals surface area (Å²) in [6.07, 6.45) is 2.38. The largest absolute Gasteiger partial charge is 0.385 e. The first-order valence-electron chi connectivity index (χ1n) is 6.95. The number of carbonyl (C=O) groups is 1. The van der Waals surface area contributed by atoms with E-state index in [1.807, 2.05) is 18.2 Å². The minimum atomic E-state index is -0.194. The number of pyridine rings is 1. The highest BCUT2D eigenvalue weighted by Crippen LogP contribution is 2.24. The molecule has 0 saturated heterocycles. The van der Waals surface area contributed by atoms with E-state index in [0.29, 0.717) is 23.9 Å². The number of methoxy groups -OCH3 is 1. The number of halogens is 1. The molecule has 0 bridgehead atoms. The Labute approximate surface area is 134 Å². The Bertz CT molecular complexity index is 617. The van der Waals surface area contributed by atoms with Gasteiger partial charge in [-0.2, -0.15) is 0 Å². The predicted octanol–water partition coefficient (Wildman–Crippen LogP) is 3.24. The highest BCUT2D eigenvalue weighted by atomic mass is 35.5. The second kappa shape index (κ2) is 8.36. The Hall–Kier alpha value is -2.11. The van der Waals surface area contributed by atoms with E-state index >= 15 is 0 Å². The number of nitrogens with one attached hydrogen (secondary N) is 2. The van der Waals surface area contributed by atoms with Gasteiger partial charge in [0.15, 0.2) is 0 Å². The Kier molecular flexibility index (Phi) is 6.18. The Morgan fingerprint density at radius 1 is 1.27 bits per heavy atom. The van der Waals surface area contributed by atoms with Crippen LogP contribution in [0.4, 0.5) is 11.4 Å². The lowest BCUT2D eigenvalue weighted by Crippen LogP contribution is -2.26. The van der Waals surface area contributed by atoms with Crippen molar-refractivity contribution in [2.45, 2.75) is 6.42 Å². The molecule has 0 fully saturated rings.